The Morgan fingerprint density at radius 1 is 1.22 bits per heavy atom. The van der Waals surface area contributed by atoms with Gasteiger partial charge in [-0.25, -0.2) is 4.79 Å². The third kappa shape index (κ3) is 4.08. The average Bonchev–Trinajstić information content (AvgIpc) is 3.06. The Balaban J connectivity index is 1.53. The van der Waals surface area contributed by atoms with Gasteiger partial charge in [0.1, 0.15) is 5.75 Å². The van der Waals surface area contributed by atoms with Gasteiger partial charge in [-0.1, -0.05) is 46.0 Å². The highest BCUT2D eigenvalue weighted by Crippen LogP contribution is 2.51. The number of hydrogen-bond acceptors (Lipinski definition) is 4. The number of fused-ring (bicyclic) bond motifs is 3. The Kier molecular flexibility index (Phi) is 6.30. The molecule has 0 bridgehead atoms. The van der Waals surface area contributed by atoms with Crippen molar-refractivity contribution in [3.63, 3.8) is 0 Å². The maximum atomic E-state index is 12.1. The van der Waals surface area contributed by atoms with E-state index < -0.39 is 0 Å². The van der Waals surface area contributed by atoms with Gasteiger partial charge in [-0.2, -0.15) is 0 Å². The molecule has 5 heteroatoms. The number of likely N-dealkylation sites (tertiary alicyclic amines) is 1. The molecule has 0 aliphatic carbocycles. The number of anilines is 1. The van der Waals surface area contributed by atoms with Gasteiger partial charge < -0.3 is 15.0 Å². The van der Waals surface area contributed by atoms with E-state index in [4.69, 9.17) is 4.74 Å². The summed E-state index contributed by atoms with van der Waals surface area (Å²) in [5.41, 5.74) is 2.63. The predicted molar refractivity (Wildman–Crippen MR) is 111 cm³/mol. The Labute approximate surface area is 164 Å². The molecule has 150 valence electrons. The van der Waals surface area contributed by atoms with Crippen LogP contribution in [0.3, 0.4) is 0 Å². The van der Waals surface area contributed by atoms with Crippen molar-refractivity contribution in [2.24, 2.45) is 0 Å². The van der Waals surface area contributed by atoms with E-state index >= 15 is 0 Å². The highest BCUT2D eigenvalue weighted by atomic mass is 16.6. The molecule has 5 nitrogen and oxygen atoms in total. The van der Waals surface area contributed by atoms with E-state index in [0.29, 0.717) is 18.5 Å². The average molecular weight is 374 g/mol. The lowest BCUT2D eigenvalue weighted by Gasteiger charge is -2.32. The Morgan fingerprint density at radius 2 is 1.96 bits per heavy atom. The molecule has 2 heterocycles. The fourth-order valence-electron chi connectivity index (χ4n) is 4.86. The van der Waals surface area contributed by atoms with Crippen LogP contribution in [0.2, 0.25) is 0 Å². The first-order valence-electron chi connectivity index (χ1n) is 10.5. The minimum atomic E-state index is -0.347. The smallest absolute Gasteiger partial charge is 0.410 e. The number of benzene rings is 1. The molecule has 2 aliphatic heterocycles. The summed E-state index contributed by atoms with van der Waals surface area (Å²) >= 11 is 0. The summed E-state index contributed by atoms with van der Waals surface area (Å²) in [6, 6.07) is 6.06. The van der Waals surface area contributed by atoms with E-state index in [1.807, 2.05) is 6.07 Å². The van der Waals surface area contributed by atoms with Crippen LogP contribution in [-0.2, 0) is 5.41 Å². The molecule has 2 aliphatic rings. The van der Waals surface area contributed by atoms with Gasteiger partial charge >= 0.3 is 6.09 Å². The number of unbranched alkanes of at least 4 members (excludes halogenated alkanes) is 5. The van der Waals surface area contributed by atoms with E-state index in [2.05, 4.69) is 55.2 Å². The second-order valence-corrected chi connectivity index (χ2v) is 8.40. The molecule has 0 spiro atoms. The van der Waals surface area contributed by atoms with Gasteiger partial charge in [0.2, 0.25) is 0 Å². The molecule has 0 unspecified atom stereocenters. The minimum absolute atomic E-state index is 0.0904. The maximum absolute atomic E-state index is 12.1. The fourth-order valence-corrected chi connectivity index (χ4v) is 4.86. The number of rotatable bonds is 8. The van der Waals surface area contributed by atoms with E-state index in [1.165, 1.54) is 43.4 Å². The predicted octanol–water partition coefficient (Wildman–Crippen LogP) is 4.50. The zero-order valence-electron chi connectivity index (χ0n) is 17.4. The van der Waals surface area contributed by atoms with Crippen molar-refractivity contribution in [1.29, 1.82) is 0 Å². The molecule has 1 amide bonds. The van der Waals surface area contributed by atoms with Crippen LogP contribution < -0.4 is 15.0 Å². The second kappa shape index (κ2) is 8.51. The lowest BCUT2D eigenvalue weighted by Crippen LogP contribution is -2.45. The van der Waals surface area contributed by atoms with Crippen molar-refractivity contribution in [2.75, 3.05) is 32.1 Å². The van der Waals surface area contributed by atoms with Crippen LogP contribution in [0, 0.1) is 0 Å². The fraction of sp³-hybridized carbons (Fsp3) is 0.682. The number of carbonyl (C=O) groups is 1. The highest BCUT2D eigenvalue weighted by Gasteiger charge is 2.52. The van der Waals surface area contributed by atoms with Crippen molar-refractivity contribution >= 4 is 11.8 Å². The molecule has 1 aromatic carbocycles. The van der Waals surface area contributed by atoms with Crippen molar-refractivity contribution in [2.45, 2.75) is 70.4 Å². The highest BCUT2D eigenvalue weighted by molar-refractivity contribution is 5.72. The molecule has 0 aromatic heterocycles. The first-order valence-corrected chi connectivity index (χ1v) is 10.5. The van der Waals surface area contributed by atoms with Gasteiger partial charge in [0.05, 0.1) is 6.17 Å². The first kappa shape index (κ1) is 20.0. The van der Waals surface area contributed by atoms with Crippen LogP contribution in [0.25, 0.3) is 0 Å². The Morgan fingerprint density at radius 3 is 2.74 bits per heavy atom. The number of ether oxygens (including phenoxy) is 1. The molecule has 2 atom stereocenters. The van der Waals surface area contributed by atoms with Crippen LogP contribution in [0.15, 0.2) is 18.2 Å². The topological polar surface area (TPSA) is 44.8 Å². The molecule has 1 N–H and O–H groups in total. The molecular weight excluding hydrogens is 338 g/mol. The number of nitrogens with zero attached hydrogens (tertiary/aromatic N) is 2. The van der Waals surface area contributed by atoms with Gasteiger partial charge in [-0.05, 0) is 43.7 Å². The van der Waals surface area contributed by atoms with E-state index in [-0.39, 0.29) is 11.5 Å². The third-order valence-corrected chi connectivity index (χ3v) is 6.31. The zero-order valence-corrected chi connectivity index (χ0v) is 17.4. The third-order valence-electron chi connectivity index (χ3n) is 6.31. The number of amides is 1. The second-order valence-electron chi connectivity index (χ2n) is 8.40. The van der Waals surface area contributed by atoms with Crippen LogP contribution in [0.1, 0.15) is 64.4 Å². The van der Waals surface area contributed by atoms with E-state index in [1.54, 1.807) is 0 Å². The summed E-state index contributed by atoms with van der Waals surface area (Å²) in [6.07, 6.45) is 8.44. The summed E-state index contributed by atoms with van der Waals surface area (Å²) in [7, 11) is 4.34. The molecule has 0 saturated carbocycles. The molecule has 3 rings (SSSR count). The molecular formula is C22H35N3O2. The largest absolute Gasteiger partial charge is 0.412 e. The summed E-state index contributed by atoms with van der Waals surface area (Å²) < 4.78 is 5.56. The standard InChI is InChI=1S/C22H35N3O2/c1-5-6-7-8-9-10-14-23-21(26)27-17-11-12-19-18(16-17)22(2)13-15-24(3)20(22)25(19)4/h11-12,16,20H,5-10,13-15H2,1-4H3,(H,23,26)/t20-,22+/m0/s1. The summed E-state index contributed by atoms with van der Waals surface area (Å²) in [4.78, 5) is 16.9. The van der Waals surface area contributed by atoms with Gasteiger partial charge in [0.25, 0.3) is 0 Å². The molecule has 27 heavy (non-hydrogen) atoms. The van der Waals surface area contributed by atoms with Gasteiger partial charge in [0, 0.05) is 31.2 Å². The quantitative estimate of drug-likeness (QED) is 0.681. The number of carbonyl (C=O) groups excluding carboxylic acids is 1. The molecule has 0 radical (unpaired) electrons. The van der Waals surface area contributed by atoms with Crippen LogP contribution in [0.5, 0.6) is 5.75 Å². The van der Waals surface area contributed by atoms with Gasteiger partial charge in [-0.3, -0.25) is 4.90 Å². The first-order chi connectivity index (χ1) is 13.0. The monoisotopic (exact) mass is 373 g/mol. The van der Waals surface area contributed by atoms with Crippen LogP contribution >= 0.6 is 0 Å². The normalized spacial score (nSPS) is 24.0. The number of hydrogen-bond donors (Lipinski definition) is 1. The number of nitrogens with one attached hydrogen (secondary N) is 1. The maximum Gasteiger partial charge on any atom is 0.412 e. The summed E-state index contributed by atoms with van der Waals surface area (Å²) in [5.74, 6) is 0.638. The van der Waals surface area contributed by atoms with Crippen LogP contribution in [0.4, 0.5) is 10.5 Å². The molecule has 1 saturated heterocycles. The van der Waals surface area contributed by atoms with Gasteiger partial charge in [-0.15, -0.1) is 0 Å². The lowest BCUT2D eigenvalue weighted by atomic mass is 9.81. The van der Waals surface area contributed by atoms with Crippen molar-refractivity contribution < 1.29 is 9.53 Å². The molecule has 1 aromatic rings. The van der Waals surface area contributed by atoms with Gasteiger partial charge in [0.15, 0.2) is 0 Å². The van der Waals surface area contributed by atoms with Crippen molar-refractivity contribution in [3.05, 3.63) is 23.8 Å². The SMILES string of the molecule is CCCCCCCCNC(=O)Oc1ccc2c(c1)[C@@]1(C)CCN(C)[C@H]1N2C. The molecule has 1 fully saturated rings. The van der Waals surface area contributed by atoms with E-state index in [9.17, 15) is 4.79 Å². The summed E-state index contributed by atoms with van der Waals surface area (Å²) in [6.45, 7) is 6.32. The van der Waals surface area contributed by atoms with E-state index in [0.717, 1.165) is 19.4 Å². The zero-order chi connectivity index (χ0) is 19.4. The minimum Gasteiger partial charge on any atom is -0.410 e. The Hall–Kier alpha value is -1.75. The number of likely N-dealkylation sites (N-methyl/N-ethyl adjacent to an activating group) is 2. The Bertz CT molecular complexity index is 663. The summed E-state index contributed by atoms with van der Waals surface area (Å²) in [5, 5.41) is 2.88. The lowest BCUT2D eigenvalue weighted by molar-refractivity contribution is 0.200. The van der Waals surface area contributed by atoms with Crippen molar-refractivity contribution in [1.82, 2.24) is 10.2 Å². The van der Waals surface area contributed by atoms with Crippen LogP contribution in [-0.4, -0.2) is 44.3 Å². The van der Waals surface area contributed by atoms with Crippen molar-refractivity contribution in [3.8, 4) is 5.75 Å².